The van der Waals surface area contributed by atoms with Crippen LogP contribution in [0.15, 0.2) is 40.9 Å². The topological polar surface area (TPSA) is 58.4 Å². The summed E-state index contributed by atoms with van der Waals surface area (Å²) in [5.74, 6) is 1.43. The molecule has 1 fully saturated rings. The fraction of sp³-hybridized carbons (Fsp3) is 0.524. The first-order valence-electron chi connectivity index (χ1n) is 9.80. The molecule has 1 N–H and O–H groups in total. The summed E-state index contributed by atoms with van der Waals surface area (Å²) in [5, 5.41) is 3.01. The monoisotopic (exact) mass is 355 g/mol. The highest BCUT2D eigenvalue weighted by Gasteiger charge is 2.10. The van der Waals surface area contributed by atoms with Gasteiger partial charge in [0.05, 0.1) is 6.20 Å². The van der Waals surface area contributed by atoms with Crippen LogP contribution >= 0.6 is 0 Å². The number of carbonyl (C=O) groups is 1. The lowest BCUT2D eigenvalue weighted by molar-refractivity contribution is -0.121. The fourth-order valence-corrected chi connectivity index (χ4v) is 3.36. The first-order chi connectivity index (χ1) is 12.8. The van der Waals surface area contributed by atoms with Gasteiger partial charge in [-0.1, -0.05) is 43.2 Å². The van der Waals surface area contributed by atoms with Crippen molar-refractivity contribution in [3.8, 4) is 11.3 Å². The van der Waals surface area contributed by atoms with E-state index in [1.54, 1.807) is 6.20 Å². The molecule has 1 aliphatic rings. The van der Waals surface area contributed by atoms with Crippen LogP contribution in [0.3, 0.4) is 0 Å². The highest BCUT2D eigenvalue weighted by atomic mass is 16.4. The van der Waals surface area contributed by atoms with Gasteiger partial charge in [0, 0.05) is 24.9 Å². The molecule has 0 unspecified atom stereocenters. The lowest BCUT2D eigenvalue weighted by atomic mass is 10.2. The molecule has 2 aromatic rings. The second kappa shape index (κ2) is 10.1. The van der Waals surface area contributed by atoms with Crippen molar-refractivity contribution in [3.63, 3.8) is 0 Å². The molecular weight excluding hydrogens is 326 g/mol. The van der Waals surface area contributed by atoms with Crippen molar-refractivity contribution in [2.45, 2.75) is 44.9 Å². The summed E-state index contributed by atoms with van der Waals surface area (Å²) in [5.41, 5.74) is 1.00. The number of carbonyl (C=O) groups excluding carboxylic acids is 1. The maximum absolute atomic E-state index is 12.0. The van der Waals surface area contributed by atoms with E-state index in [1.807, 2.05) is 30.3 Å². The van der Waals surface area contributed by atoms with E-state index in [9.17, 15) is 4.79 Å². The molecule has 5 heteroatoms. The summed E-state index contributed by atoms with van der Waals surface area (Å²) in [6.07, 6.45) is 9.04. The average Bonchev–Trinajstić information content (AvgIpc) is 3.00. The molecule has 0 saturated carbocycles. The zero-order valence-electron chi connectivity index (χ0n) is 15.5. The SMILES string of the molecule is O=C(CCc1ncc(-c2ccccc2)o1)NCCCN1CCCCCC1. The summed E-state index contributed by atoms with van der Waals surface area (Å²) in [6.45, 7) is 4.25. The summed E-state index contributed by atoms with van der Waals surface area (Å²) in [4.78, 5) is 18.8. The Morgan fingerprint density at radius 3 is 2.65 bits per heavy atom. The Bertz CT molecular complexity index is 661. The van der Waals surface area contributed by atoms with Crippen LogP contribution in [-0.2, 0) is 11.2 Å². The van der Waals surface area contributed by atoms with Crippen LogP contribution in [0, 0.1) is 0 Å². The number of amides is 1. The number of benzene rings is 1. The number of hydrogen-bond acceptors (Lipinski definition) is 4. The lowest BCUT2D eigenvalue weighted by Crippen LogP contribution is -2.30. The number of oxazole rings is 1. The molecule has 2 heterocycles. The third kappa shape index (κ3) is 5.99. The van der Waals surface area contributed by atoms with Gasteiger partial charge in [-0.2, -0.15) is 0 Å². The van der Waals surface area contributed by atoms with Crippen molar-refractivity contribution in [2.24, 2.45) is 0 Å². The first kappa shape index (κ1) is 18.6. The van der Waals surface area contributed by atoms with Gasteiger partial charge in [0.1, 0.15) is 0 Å². The molecule has 26 heavy (non-hydrogen) atoms. The van der Waals surface area contributed by atoms with Crippen molar-refractivity contribution in [1.82, 2.24) is 15.2 Å². The van der Waals surface area contributed by atoms with Crippen molar-refractivity contribution in [3.05, 3.63) is 42.4 Å². The van der Waals surface area contributed by atoms with Crippen molar-refractivity contribution in [2.75, 3.05) is 26.2 Å². The van der Waals surface area contributed by atoms with Gasteiger partial charge in [0.25, 0.3) is 0 Å². The molecule has 0 bridgehead atoms. The van der Waals surface area contributed by atoms with Crippen molar-refractivity contribution < 1.29 is 9.21 Å². The first-order valence-corrected chi connectivity index (χ1v) is 9.80. The number of aromatic nitrogens is 1. The number of hydrogen-bond donors (Lipinski definition) is 1. The minimum atomic E-state index is 0.0697. The predicted octanol–water partition coefficient (Wildman–Crippen LogP) is 3.66. The van der Waals surface area contributed by atoms with Crippen LogP contribution in [0.2, 0.25) is 0 Å². The Morgan fingerprint density at radius 2 is 1.88 bits per heavy atom. The van der Waals surface area contributed by atoms with E-state index in [-0.39, 0.29) is 5.91 Å². The summed E-state index contributed by atoms with van der Waals surface area (Å²) < 4.78 is 5.74. The molecular formula is C21H29N3O2. The smallest absolute Gasteiger partial charge is 0.220 e. The van der Waals surface area contributed by atoms with Gasteiger partial charge in [-0.25, -0.2) is 4.98 Å². The molecule has 0 radical (unpaired) electrons. The average molecular weight is 355 g/mol. The van der Waals surface area contributed by atoms with Gasteiger partial charge in [-0.05, 0) is 38.9 Å². The largest absolute Gasteiger partial charge is 0.441 e. The molecule has 1 saturated heterocycles. The molecule has 0 spiro atoms. The normalized spacial score (nSPS) is 15.5. The maximum atomic E-state index is 12.0. The van der Waals surface area contributed by atoms with Crippen LogP contribution in [0.1, 0.15) is 44.4 Å². The van der Waals surface area contributed by atoms with Crippen molar-refractivity contribution >= 4 is 5.91 Å². The van der Waals surface area contributed by atoms with Gasteiger partial charge < -0.3 is 14.6 Å². The number of nitrogens with zero attached hydrogens (tertiary/aromatic N) is 2. The zero-order chi connectivity index (χ0) is 18.0. The van der Waals surface area contributed by atoms with E-state index in [0.29, 0.717) is 18.7 Å². The van der Waals surface area contributed by atoms with Gasteiger partial charge in [-0.3, -0.25) is 4.79 Å². The Morgan fingerprint density at radius 1 is 1.12 bits per heavy atom. The molecule has 140 valence electrons. The highest BCUT2D eigenvalue weighted by Crippen LogP contribution is 2.20. The van der Waals surface area contributed by atoms with Gasteiger partial charge in [0.2, 0.25) is 5.91 Å². The van der Waals surface area contributed by atoms with Crippen LogP contribution in [0.4, 0.5) is 0 Å². The third-order valence-corrected chi connectivity index (χ3v) is 4.85. The van der Waals surface area contributed by atoms with Crippen LogP contribution in [0.5, 0.6) is 0 Å². The third-order valence-electron chi connectivity index (χ3n) is 4.85. The second-order valence-electron chi connectivity index (χ2n) is 6.94. The lowest BCUT2D eigenvalue weighted by Gasteiger charge is -2.19. The molecule has 1 aromatic heterocycles. The Labute approximate surface area is 155 Å². The quantitative estimate of drug-likeness (QED) is 0.734. The fourth-order valence-electron chi connectivity index (χ4n) is 3.36. The standard InChI is InChI=1S/C21H29N3O2/c25-20(22-13-8-16-24-14-6-1-2-7-15-24)11-12-21-23-17-19(26-21)18-9-4-3-5-10-18/h3-5,9-10,17H,1-2,6-8,11-16H2,(H,22,25). The zero-order valence-corrected chi connectivity index (χ0v) is 15.5. The molecule has 0 atom stereocenters. The Kier molecular flexibility index (Phi) is 7.25. The molecule has 1 amide bonds. The summed E-state index contributed by atoms with van der Waals surface area (Å²) in [7, 11) is 0. The van der Waals surface area contributed by atoms with Crippen LogP contribution in [0.25, 0.3) is 11.3 Å². The van der Waals surface area contributed by atoms with Crippen LogP contribution < -0.4 is 5.32 Å². The second-order valence-corrected chi connectivity index (χ2v) is 6.94. The van der Waals surface area contributed by atoms with E-state index in [4.69, 9.17) is 4.42 Å². The summed E-state index contributed by atoms with van der Waals surface area (Å²) in [6, 6.07) is 9.88. The summed E-state index contributed by atoms with van der Waals surface area (Å²) >= 11 is 0. The van der Waals surface area contributed by atoms with E-state index in [1.165, 1.54) is 38.8 Å². The number of aryl methyl sites for hydroxylation is 1. The number of nitrogens with one attached hydrogen (secondary N) is 1. The van der Waals surface area contributed by atoms with E-state index < -0.39 is 0 Å². The van der Waals surface area contributed by atoms with Crippen molar-refractivity contribution in [1.29, 1.82) is 0 Å². The number of rotatable bonds is 8. The maximum Gasteiger partial charge on any atom is 0.220 e. The Balaban J connectivity index is 1.32. The minimum Gasteiger partial charge on any atom is -0.441 e. The minimum absolute atomic E-state index is 0.0697. The Hall–Kier alpha value is -2.14. The number of likely N-dealkylation sites (tertiary alicyclic amines) is 1. The van der Waals surface area contributed by atoms with Crippen LogP contribution in [-0.4, -0.2) is 42.0 Å². The van der Waals surface area contributed by atoms with Gasteiger partial charge in [0.15, 0.2) is 11.7 Å². The molecule has 3 rings (SSSR count). The van der Waals surface area contributed by atoms with Gasteiger partial charge in [-0.15, -0.1) is 0 Å². The highest BCUT2D eigenvalue weighted by molar-refractivity contribution is 5.76. The van der Waals surface area contributed by atoms with E-state index in [2.05, 4.69) is 15.2 Å². The van der Waals surface area contributed by atoms with E-state index in [0.717, 1.165) is 30.8 Å². The molecule has 1 aliphatic heterocycles. The van der Waals surface area contributed by atoms with Gasteiger partial charge >= 0.3 is 0 Å². The molecule has 0 aliphatic carbocycles. The van der Waals surface area contributed by atoms with E-state index >= 15 is 0 Å². The molecule has 5 nitrogen and oxygen atoms in total. The molecule has 1 aromatic carbocycles. The predicted molar refractivity (Wildman–Crippen MR) is 103 cm³/mol.